The van der Waals surface area contributed by atoms with Crippen molar-refractivity contribution in [3.8, 4) is 0 Å². The van der Waals surface area contributed by atoms with E-state index in [4.69, 9.17) is 4.74 Å². The Bertz CT molecular complexity index is 868. The Morgan fingerprint density at radius 1 is 1.14 bits per heavy atom. The van der Waals surface area contributed by atoms with Gasteiger partial charge in [0.25, 0.3) is 0 Å². The molecule has 2 fully saturated rings. The molecule has 0 bridgehead atoms. The van der Waals surface area contributed by atoms with Gasteiger partial charge < -0.3 is 9.72 Å². The number of H-pyrrole nitrogens is 1. The summed E-state index contributed by atoms with van der Waals surface area (Å²) in [6.45, 7) is 9.70. The summed E-state index contributed by atoms with van der Waals surface area (Å²) >= 11 is 0. The fourth-order valence-electron chi connectivity index (χ4n) is 5.67. The number of benzene rings is 1. The molecule has 1 aliphatic carbocycles. The highest BCUT2D eigenvalue weighted by Gasteiger charge is 2.40. The molecule has 0 spiro atoms. The molecule has 1 aromatic heterocycles. The van der Waals surface area contributed by atoms with E-state index in [2.05, 4.69) is 42.8 Å². The molecule has 160 valence electrons. The summed E-state index contributed by atoms with van der Waals surface area (Å²) in [6.07, 6.45) is 9.75. The van der Waals surface area contributed by atoms with E-state index in [1.165, 1.54) is 37.7 Å². The van der Waals surface area contributed by atoms with Crippen molar-refractivity contribution in [2.45, 2.75) is 89.8 Å². The second-order valence-corrected chi connectivity index (χ2v) is 9.19. The largest absolute Gasteiger partial charge is 0.378 e. The first-order valence-corrected chi connectivity index (χ1v) is 11.6. The summed E-state index contributed by atoms with van der Waals surface area (Å²) in [5.41, 5.74) is 3.60. The van der Waals surface area contributed by atoms with E-state index >= 15 is 0 Å². The third kappa shape index (κ3) is 4.04. The zero-order valence-corrected chi connectivity index (χ0v) is 18.4. The zero-order chi connectivity index (χ0) is 20.4. The molecule has 2 heterocycles. The van der Waals surface area contributed by atoms with Gasteiger partial charge in [-0.2, -0.15) is 0 Å². The standard InChI is InChI=1S/C24H37N3O2/c1-4-16-29-20-8-12-24(5-2,13-9-20)26-14-10-19(11-15-26)27-22-17-18(3)6-7-21(22)25-23(27)28/h6-7,17,19-20H,4-5,8-16H2,1-3H3,(H,25,28). The maximum atomic E-state index is 12.7. The molecule has 1 saturated carbocycles. The number of nitrogens with one attached hydrogen (secondary N) is 1. The van der Waals surface area contributed by atoms with Crippen LogP contribution in [-0.2, 0) is 4.74 Å². The second-order valence-electron chi connectivity index (χ2n) is 9.19. The first-order valence-electron chi connectivity index (χ1n) is 11.6. The topological polar surface area (TPSA) is 50.3 Å². The first-order chi connectivity index (χ1) is 14.1. The lowest BCUT2D eigenvalue weighted by atomic mass is 9.76. The minimum Gasteiger partial charge on any atom is -0.378 e. The summed E-state index contributed by atoms with van der Waals surface area (Å²) in [7, 11) is 0. The van der Waals surface area contributed by atoms with Crippen molar-refractivity contribution in [3.63, 3.8) is 0 Å². The number of hydrogen-bond acceptors (Lipinski definition) is 3. The van der Waals surface area contributed by atoms with E-state index in [0.717, 1.165) is 50.0 Å². The molecule has 0 atom stereocenters. The number of aromatic amines is 1. The third-order valence-corrected chi connectivity index (χ3v) is 7.45. The van der Waals surface area contributed by atoms with Gasteiger partial charge in [0.15, 0.2) is 0 Å². The Hall–Kier alpha value is -1.59. The quantitative estimate of drug-likeness (QED) is 0.759. The minimum absolute atomic E-state index is 0.0443. The highest BCUT2D eigenvalue weighted by molar-refractivity contribution is 5.76. The normalized spacial score (nSPS) is 26.9. The fraction of sp³-hybridized carbons (Fsp3) is 0.708. The number of likely N-dealkylation sites (tertiary alicyclic amines) is 1. The number of aromatic nitrogens is 2. The molecule has 0 amide bonds. The summed E-state index contributed by atoms with van der Waals surface area (Å²) in [4.78, 5) is 18.4. The van der Waals surface area contributed by atoms with Gasteiger partial charge in [0.05, 0.1) is 17.1 Å². The molecule has 1 aliphatic heterocycles. The van der Waals surface area contributed by atoms with Gasteiger partial charge in [0, 0.05) is 31.3 Å². The monoisotopic (exact) mass is 399 g/mol. The molecular formula is C24H37N3O2. The molecule has 0 unspecified atom stereocenters. The average molecular weight is 400 g/mol. The van der Waals surface area contributed by atoms with Crippen LogP contribution in [0.15, 0.2) is 23.0 Å². The van der Waals surface area contributed by atoms with E-state index in [1.54, 1.807) is 0 Å². The van der Waals surface area contributed by atoms with Crippen LogP contribution in [0.5, 0.6) is 0 Å². The van der Waals surface area contributed by atoms with E-state index < -0.39 is 0 Å². The molecule has 5 heteroatoms. The smallest absolute Gasteiger partial charge is 0.326 e. The van der Waals surface area contributed by atoms with E-state index in [9.17, 15) is 4.79 Å². The molecule has 1 saturated heterocycles. The van der Waals surface area contributed by atoms with Crippen molar-refractivity contribution in [2.75, 3.05) is 19.7 Å². The fourth-order valence-corrected chi connectivity index (χ4v) is 5.67. The SMILES string of the molecule is CCCOC1CCC(CC)(N2CCC(n3c(=O)[nH]c4ccc(C)cc43)CC2)CC1. The van der Waals surface area contributed by atoms with Crippen molar-refractivity contribution < 1.29 is 4.74 Å². The number of hydrogen-bond donors (Lipinski definition) is 1. The van der Waals surface area contributed by atoms with Crippen molar-refractivity contribution in [1.82, 2.24) is 14.5 Å². The summed E-state index contributed by atoms with van der Waals surface area (Å²) in [6, 6.07) is 6.54. The number of rotatable bonds is 6. The van der Waals surface area contributed by atoms with Gasteiger partial charge >= 0.3 is 5.69 Å². The van der Waals surface area contributed by atoms with Gasteiger partial charge in [-0.05, 0) is 76.0 Å². The molecule has 1 aromatic carbocycles. The van der Waals surface area contributed by atoms with Crippen LogP contribution < -0.4 is 5.69 Å². The van der Waals surface area contributed by atoms with E-state index in [0.29, 0.717) is 17.7 Å². The van der Waals surface area contributed by atoms with Crippen LogP contribution in [-0.4, -0.2) is 45.8 Å². The number of ether oxygens (including phenoxy) is 1. The Labute approximate surface area is 174 Å². The minimum atomic E-state index is 0.0443. The van der Waals surface area contributed by atoms with Gasteiger partial charge in [-0.25, -0.2) is 4.79 Å². The number of fused-ring (bicyclic) bond motifs is 1. The van der Waals surface area contributed by atoms with Gasteiger partial charge in [0.1, 0.15) is 0 Å². The van der Waals surface area contributed by atoms with Crippen molar-refractivity contribution in [3.05, 3.63) is 34.2 Å². The lowest BCUT2D eigenvalue weighted by Crippen LogP contribution is -2.54. The van der Waals surface area contributed by atoms with Gasteiger partial charge in [-0.1, -0.05) is 19.9 Å². The van der Waals surface area contributed by atoms with Gasteiger partial charge in [-0.15, -0.1) is 0 Å². The number of nitrogens with zero attached hydrogens (tertiary/aromatic N) is 2. The predicted molar refractivity (Wildman–Crippen MR) is 119 cm³/mol. The number of aryl methyl sites for hydroxylation is 1. The van der Waals surface area contributed by atoms with Crippen LogP contribution in [0, 0.1) is 6.92 Å². The summed E-state index contributed by atoms with van der Waals surface area (Å²) < 4.78 is 8.05. The molecule has 2 aliphatic rings. The van der Waals surface area contributed by atoms with Gasteiger partial charge in [0.2, 0.25) is 0 Å². The third-order valence-electron chi connectivity index (χ3n) is 7.45. The highest BCUT2D eigenvalue weighted by atomic mass is 16.5. The second kappa shape index (κ2) is 8.65. The molecular weight excluding hydrogens is 362 g/mol. The van der Waals surface area contributed by atoms with Crippen molar-refractivity contribution in [2.24, 2.45) is 0 Å². The Kier molecular flexibility index (Phi) is 6.16. The molecule has 2 aromatic rings. The Balaban J connectivity index is 1.44. The van der Waals surface area contributed by atoms with E-state index in [-0.39, 0.29) is 5.69 Å². The average Bonchev–Trinajstić information content (AvgIpc) is 3.07. The maximum absolute atomic E-state index is 12.7. The maximum Gasteiger partial charge on any atom is 0.326 e. The summed E-state index contributed by atoms with van der Waals surface area (Å²) in [5, 5.41) is 0. The zero-order valence-electron chi connectivity index (χ0n) is 18.4. The van der Waals surface area contributed by atoms with Crippen LogP contribution in [0.4, 0.5) is 0 Å². The molecule has 5 nitrogen and oxygen atoms in total. The lowest BCUT2D eigenvalue weighted by molar-refractivity contribution is -0.0396. The van der Waals surface area contributed by atoms with Crippen LogP contribution >= 0.6 is 0 Å². The predicted octanol–water partition coefficient (Wildman–Crippen LogP) is 4.79. The Morgan fingerprint density at radius 3 is 2.52 bits per heavy atom. The molecule has 29 heavy (non-hydrogen) atoms. The van der Waals surface area contributed by atoms with Crippen LogP contribution in [0.2, 0.25) is 0 Å². The molecule has 4 rings (SSSR count). The Morgan fingerprint density at radius 2 is 1.86 bits per heavy atom. The first kappa shape index (κ1) is 20.7. The van der Waals surface area contributed by atoms with Crippen molar-refractivity contribution >= 4 is 11.0 Å². The molecule has 0 radical (unpaired) electrons. The van der Waals surface area contributed by atoms with Crippen LogP contribution in [0.25, 0.3) is 11.0 Å². The summed E-state index contributed by atoms with van der Waals surface area (Å²) in [5.74, 6) is 0. The van der Waals surface area contributed by atoms with Crippen molar-refractivity contribution in [1.29, 1.82) is 0 Å². The van der Waals surface area contributed by atoms with Crippen LogP contribution in [0.1, 0.15) is 76.8 Å². The highest BCUT2D eigenvalue weighted by Crippen LogP contribution is 2.40. The van der Waals surface area contributed by atoms with E-state index in [1.807, 2.05) is 10.6 Å². The molecule has 1 N–H and O–H groups in total. The number of imidazole rings is 1. The van der Waals surface area contributed by atoms with Crippen LogP contribution in [0.3, 0.4) is 0 Å². The lowest BCUT2D eigenvalue weighted by Gasteiger charge is -2.50. The van der Waals surface area contributed by atoms with Gasteiger partial charge in [-0.3, -0.25) is 9.47 Å². The number of piperidine rings is 1.